The fourth-order valence-electron chi connectivity index (χ4n) is 7.95. The van der Waals surface area contributed by atoms with E-state index in [-0.39, 0.29) is 184 Å². The van der Waals surface area contributed by atoms with Gasteiger partial charge in [0, 0.05) is 103 Å². The average molecular weight is 1590 g/mol. The maximum absolute atomic E-state index is 13.8. The van der Waals surface area contributed by atoms with Crippen LogP contribution >= 0.6 is 0 Å². The van der Waals surface area contributed by atoms with Gasteiger partial charge in [0.05, 0.1) is 22.8 Å². The fourth-order valence-corrected chi connectivity index (χ4v) is 7.95. The summed E-state index contributed by atoms with van der Waals surface area (Å²) in [5.74, 6) is -2.79. The van der Waals surface area contributed by atoms with Crippen LogP contribution in [0.25, 0.3) is 0 Å². The van der Waals surface area contributed by atoms with E-state index in [1.165, 1.54) is 48.5 Å². The molecule has 78 heavy (non-hydrogen) atoms. The zero-order valence-electron chi connectivity index (χ0n) is 41.9. The molecule has 0 amide bonds. The zero-order valence-corrected chi connectivity index (χ0v) is 50.3. The van der Waals surface area contributed by atoms with Crippen molar-refractivity contribution in [2.75, 3.05) is 26.2 Å². The molecule has 0 unspecified atom stereocenters. The van der Waals surface area contributed by atoms with Gasteiger partial charge >= 0.3 is 76.3 Å². The topological polar surface area (TPSA) is 223 Å². The summed E-state index contributed by atoms with van der Waals surface area (Å²) in [4.78, 5) is 25.6. The molecule has 0 aliphatic rings. The van der Waals surface area contributed by atoms with Crippen molar-refractivity contribution in [3.05, 3.63) is 239 Å². The van der Waals surface area contributed by atoms with Crippen molar-refractivity contribution >= 4 is 0 Å². The van der Waals surface area contributed by atoms with E-state index in [0.717, 1.165) is 47.0 Å². The molecule has 22 heteroatoms. The molecule has 8 rings (SSSR count). The molecule has 0 saturated heterocycles. The minimum atomic E-state index is -0.465. The average Bonchev–Trinajstić information content (AvgIpc) is 3.38. The molecule has 4 aromatic carbocycles. The Morgan fingerprint density at radius 2 is 0.513 bits per heavy atom. The third kappa shape index (κ3) is 24.5. The third-order valence-electron chi connectivity index (χ3n) is 11.6. The predicted molar refractivity (Wildman–Crippen MR) is 267 cm³/mol. The van der Waals surface area contributed by atoms with Crippen molar-refractivity contribution in [1.29, 1.82) is 0 Å². The Labute approximate surface area is 546 Å². The van der Waals surface area contributed by atoms with E-state index in [1.54, 1.807) is 24.8 Å². The Morgan fingerprint density at radius 3 is 0.692 bits per heavy atom. The second-order valence-electron chi connectivity index (χ2n) is 17.1. The summed E-state index contributed by atoms with van der Waals surface area (Å²) in [5, 5.41) is 49.4. The van der Waals surface area contributed by atoms with Gasteiger partial charge in [0.25, 0.3) is 0 Å². The van der Waals surface area contributed by atoms with Crippen molar-refractivity contribution in [3.63, 3.8) is 0 Å². The van der Waals surface area contributed by atoms with Crippen molar-refractivity contribution in [1.82, 2.24) is 39.5 Å². The van der Waals surface area contributed by atoms with Gasteiger partial charge in [0.2, 0.25) is 0 Å². The van der Waals surface area contributed by atoms with Crippen LogP contribution in [0.3, 0.4) is 0 Å². The third-order valence-corrected chi connectivity index (χ3v) is 11.6. The van der Waals surface area contributed by atoms with Gasteiger partial charge in [0.15, 0.2) is 0 Å². The second-order valence-corrected chi connectivity index (χ2v) is 17.1. The fraction of sp³-hybridized carbons (Fsp3) is 0.214. The van der Waals surface area contributed by atoms with Crippen LogP contribution in [0, 0.1) is 99.6 Å². The second kappa shape index (κ2) is 38.0. The molecular weight excluding hydrogens is 1540 g/mol. The zero-order chi connectivity index (χ0) is 50.7. The number of aromatic nitrogens is 4. The van der Waals surface area contributed by atoms with Crippen LogP contribution in [-0.4, -0.2) is 65.7 Å². The standard InChI is InChI=1S/2C28H28F2N4O2.2Dy.2HI.2H2O/c2*29-23-7-9-27(35)21(15-23)17-33(19-25-5-1-3-11-31-25)13-14-34(20-26-6-2-4-12-32-26)18-22-16-24(30)8-10-28(22)36;;;;;;/h2*1-12,15-16,35-36H,13-14,17-20H2;;;2*1H;2*1H2/q;;2*+3;;;;/p-4. The van der Waals surface area contributed by atoms with Crippen LogP contribution in [0.15, 0.2) is 170 Å². The molecule has 418 valence electrons. The number of benzene rings is 4. The number of rotatable bonds is 22. The monoisotopic (exact) mass is 1600 g/mol. The first-order chi connectivity index (χ1) is 34.9. The van der Waals surface area contributed by atoms with Crippen molar-refractivity contribution < 1.29 is 173 Å². The minimum absolute atomic E-state index is 0. The van der Waals surface area contributed by atoms with Crippen molar-refractivity contribution in [3.8, 4) is 23.0 Å². The Balaban J connectivity index is 0.000000724. The number of nitrogens with zero attached hydrogens (tertiary/aromatic N) is 8. The van der Waals surface area contributed by atoms with Crippen molar-refractivity contribution in [2.24, 2.45) is 0 Å². The molecule has 0 aliphatic carbocycles. The van der Waals surface area contributed by atoms with Crippen molar-refractivity contribution in [2.45, 2.75) is 52.4 Å². The summed E-state index contributed by atoms with van der Waals surface area (Å²) in [6.07, 6.45) is 6.79. The van der Waals surface area contributed by atoms with Gasteiger partial charge in [-0.25, -0.2) is 17.6 Å². The Bertz CT molecular complexity index is 2550. The summed E-state index contributed by atoms with van der Waals surface area (Å²) < 4.78 is 55.4. The Kier molecular flexibility index (Phi) is 35.1. The summed E-state index contributed by atoms with van der Waals surface area (Å²) in [6, 6.07) is 37.0. The smallest absolute Gasteiger partial charge is 1.00 e. The maximum Gasteiger partial charge on any atom is 3.00 e. The summed E-state index contributed by atoms with van der Waals surface area (Å²) in [7, 11) is 0. The first kappa shape index (κ1) is 72.2. The van der Waals surface area contributed by atoms with Gasteiger partial charge in [-0.15, -0.1) is 23.0 Å². The largest absolute Gasteiger partial charge is 3.00 e. The molecule has 2 radical (unpaired) electrons. The molecule has 4 aromatic heterocycles. The van der Waals surface area contributed by atoms with E-state index in [0.29, 0.717) is 74.6 Å². The van der Waals surface area contributed by atoms with E-state index in [4.69, 9.17) is 0 Å². The molecule has 14 nitrogen and oxygen atoms in total. The molecule has 0 spiro atoms. The molecule has 0 bridgehead atoms. The summed E-state index contributed by atoms with van der Waals surface area (Å²) in [5.41, 5.74) is 4.66. The summed E-state index contributed by atoms with van der Waals surface area (Å²) in [6.45, 7) is 4.67. The first-order valence-corrected chi connectivity index (χ1v) is 23.2. The molecule has 0 saturated carbocycles. The van der Waals surface area contributed by atoms with Crippen LogP contribution in [-0.2, 0) is 63.3 Å². The van der Waals surface area contributed by atoms with E-state index < -0.39 is 23.3 Å². The maximum atomic E-state index is 13.8. The molecular formula is C56H58Dy2F4I2N8O6+2. The quantitative estimate of drug-likeness (QED) is 0.0471. The van der Waals surface area contributed by atoms with Crippen LogP contribution in [0.1, 0.15) is 45.0 Å². The molecule has 0 fully saturated rings. The first-order valence-electron chi connectivity index (χ1n) is 23.2. The molecule has 8 aromatic rings. The van der Waals surface area contributed by atoms with Crippen LogP contribution in [0.5, 0.6) is 23.0 Å². The van der Waals surface area contributed by atoms with Gasteiger partial charge in [-0.1, -0.05) is 48.5 Å². The van der Waals surface area contributed by atoms with E-state index in [1.807, 2.05) is 92.4 Å². The molecule has 0 aliphatic heterocycles. The van der Waals surface area contributed by atoms with Gasteiger partial charge in [-0.05, 0) is 119 Å². The van der Waals surface area contributed by atoms with Gasteiger partial charge < -0.3 is 79.3 Å². The van der Waals surface area contributed by atoms with Crippen LogP contribution in [0.2, 0.25) is 0 Å². The molecule has 0 atom stereocenters. The van der Waals surface area contributed by atoms with E-state index in [9.17, 15) is 38.0 Å². The van der Waals surface area contributed by atoms with Crippen LogP contribution in [0.4, 0.5) is 17.6 Å². The van der Waals surface area contributed by atoms with Gasteiger partial charge in [-0.2, -0.15) is 0 Å². The van der Waals surface area contributed by atoms with E-state index in [2.05, 4.69) is 19.9 Å². The predicted octanol–water partition coefficient (Wildman–Crippen LogP) is -0.623. The number of halogens is 6. The molecule has 6 N–H and O–H groups in total. The van der Waals surface area contributed by atoms with Gasteiger partial charge in [-0.3, -0.25) is 39.5 Å². The Morgan fingerprint density at radius 1 is 0.308 bits per heavy atom. The number of pyridine rings is 4. The normalized spacial score (nSPS) is 10.5. The SMILES string of the molecule is [Dy+3].[Dy+3].[I-].[I-].[O-]c1ccc(F)cc1CN(CCN(Cc1ccccn1)Cc1cc(F)ccc1[O-])Cc1ccccn1.[O-]c1ccc(F)cc1CN(CCN(Cc1ccccn1)Cc1cc(F)ccc1[O-])Cc1ccccn1.[OH3+].[OH3+]. The van der Waals surface area contributed by atoms with E-state index >= 15 is 0 Å². The summed E-state index contributed by atoms with van der Waals surface area (Å²) >= 11 is 0. The number of hydrogen-bond acceptors (Lipinski definition) is 12. The van der Waals surface area contributed by atoms with Crippen LogP contribution < -0.4 is 68.4 Å². The van der Waals surface area contributed by atoms with Gasteiger partial charge in [0.1, 0.15) is 23.3 Å². The number of hydrogen-bond donors (Lipinski definition) is 0. The molecule has 4 heterocycles. The Hall–Kier alpha value is -3.83. The minimum Gasteiger partial charge on any atom is -1.00 e.